The highest BCUT2D eigenvalue weighted by molar-refractivity contribution is 6.32. The Kier molecular flexibility index (Phi) is 5.08. The number of carbonyl (C=O) groups is 1. The molecule has 4 rings (SSSR count). The van der Waals surface area contributed by atoms with Gasteiger partial charge >= 0.3 is 0 Å². The van der Waals surface area contributed by atoms with Crippen molar-refractivity contribution in [3.05, 3.63) is 35.0 Å². The van der Waals surface area contributed by atoms with Gasteiger partial charge in [-0.25, -0.2) is 0 Å². The summed E-state index contributed by atoms with van der Waals surface area (Å²) >= 11 is 6.29. The number of aromatic amines is 1. The molecule has 2 aliphatic rings. The Balaban J connectivity index is 1.52. The lowest BCUT2D eigenvalue weighted by molar-refractivity contribution is -0.181. The first kappa shape index (κ1) is 18.3. The van der Waals surface area contributed by atoms with Crippen LogP contribution >= 0.6 is 11.6 Å². The van der Waals surface area contributed by atoms with Crippen molar-refractivity contribution in [2.75, 3.05) is 32.9 Å². The number of hydrogen-bond acceptors (Lipinski definition) is 5. The van der Waals surface area contributed by atoms with Crippen molar-refractivity contribution in [2.45, 2.75) is 25.6 Å². The summed E-state index contributed by atoms with van der Waals surface area (Å²) in [6.07, 6.45) is 2.93. The summed E-state index contributed by atoms with van der Waals surface area (Å²) in [5.74, 6) is 0.0587. The molecule has 7 nitrogen and oxygen atoms in total. The molecular weight excluding hydrogens is 370 g/mol. The zero-order chi connectivity index (χ0) is 18.9. The molecule has 0 radical (unpaired) electrons. The Bertz CT molecular complexity index is 822. The minimum Gasteiger partial charge on any atom is -0.492 e. The van der Waals surface area contributed by atoms with Crippen LogP contribution in [0.2, 0.25) is 5.02 Å². The number of carbonyl (C=O) groups excluding carboxylic acids is 1. The molecule has 2 saturated heterocycles. The average Bonchev–Trinajstić information content (AvgIpc) is 3.34. The number of halogens is 1. The Labute approximate surface area is 162 Å². The Morgan fingerprint density at radius 3 is 2.74 bits per heavy atom. The second kappa shape index (κ2) is 7.50. The molecule has 0 saturated carbocycles. The molecule has 3 heterocycles. The number of likely N-dealkylation sites (tertiary alicyclic amines) is 1. The number of benzene rings is 1. The van der Waals surface area contributed by atoms with Crippen LogP contribution in [0, 0.1) is 0 Å². The number of rotatable bonds is 4. The smallest absolute Gasteiger partial charge is 0.257 e. The van der Waals surface area contributed by atoms with Crippen LogP contribution in [-0.4, -0.2) is 59.7 Å². The van der Waals surface area contributed by atoms with Crippen molar-refractivity contribution in [1.82, 2.24) is 15.1 Å². The van der Waals surface area contributed by atoms with Gasteiger partial charge in [0.15, 0.2) is 5.79 Å². The maximum absolute atomic E-state index is 13.0. The zero-order valence-corrected chi connectivity index (χ0v) is 15.9. The van der Waals surface area contributed by atoms with Crippen molar-refractivity contribution in [3.63, 3.8) is 0 Å². The van der Waals surface area contributed by atoms with E-state index >= 15 is 0 Å². The van der Waals surface area contributed by atoms with Crippen molar-refractivity contribution in [2.24, 2.45) is 0 Å². The molecule has 27 heavy (non-hydrogen) atoms. The van der Waals surface area contributed by atoms with E-state index in [4.69, 9.17) is 25.8 Å². The highest BCUT2D eigenvalue weighted by Crippen LogP contribution is 2.34. The molecule has 1 amide bonds. The number of nitrogens with one attached hydrogen (secondary N) is 1. The van der Waals surface area contributed by atoms with Crippen LogP contribution < -0.4 is 4.74 Å². The predicted molar refractivity (Wildman–Crippen MR) is 100.0 cm³/mol. The van der Waals surface area contributed by atoms with Gasteiger partial charge in [-0.05, 0) is 25.1 Å². The topological polar surface area (TPSA) is 76.7 Å². The van der Waals surface area contributed by atoms with Crippen molar-refractivity contribution >= 4 is 17.5 Å². The molecule has 144 valence electrons. The monoisotopic (exact) mass is 391 g/mol. The van der Waals surface area contributed by atoms with E-state index in [1.165, 1.54) is 0 Å². The first-order valence-corrected chi connectivity index (χ1v) is 9.53. The molecule has 0 atom stereocenters. The Morgan fingerprint density at radius 1 is 1.33 bits per heavy atom. The Hall–Kier alpha value is -2.09. The van der Waals surface area contributed by atoms with Gasteiger partial charge in [0.2, 0.25) is 0 Å². The van der Waals surface area contributed by atoms with E-state index in [0.717, 1.165) is 5.56 Å². The van der Waals surface area contributed by atoms with Crippen LogP contribution in [0.15, 0.2) is 24.4 Å². The summed E-state index contributed by atoms with van der Waals surface area (Å²) in [6, 6.07) is 5.45. The molecule has 0 aliphatic carbocycles. The summed E-state index contributed by atoms with van der Waals surface area (Å²) in [6.45, 7) is 4.87. The third-order valence-corrected chi connectivity index (χ3v) is 5.31. The van der Waals surface area contributed by atoms with Crippen LogP contribution in [-0.2, 0) is 9.47 Å². The maximum Gasteiger partial charge on any atom is 0.257 e. The SMILES string of the molecule is CCOc1ccc(-c2[nH]ncc2C(=O)N2CCC3(CC2)OCCO3)cc1Cl. The molecule has 8 heteroatoms. The zero-order valence-electron chi connectivity index (χ0n) is 15.2. The number of ether oxygens (including phenoxy) is 3. The molecule has 1 spiro atoms. The van der Waals surface area contributed by atoms with E-state index in [0.29, 0.717) is 67.8 Å². The van der Waals surface area contributed by atoms with Crippen molar-refractivity contribution in [3.8, 4) is 17.0 Å². The molecule has 0 unspecified atom stereocenters. The van der Waals surface area contributed by atoms with Crippen LogP contribution in [0.25, 0.3) is 11.3 Å². The molecule has 1 N–H and O–H groups in total. The summed E-state index contributed by atoms with van der Waals surface area (Å²) in [4.78, 5) is 14.9. The van der Waals surface area contributed by atoms with Gasteiger partial charge < -0.3 is 19.1 Å². The predicted octanol–water partition coefficient (Wildman–Crippen LogP) is 3.11. The van der Waals surface area contributed by atoms with Gasteiger partial charge in [0, 0.05) is 31.5 Å². The number of hydrogen-bond donors (Lipinski definition) is 1. The van der Waals surface area contributed by atoms with E-state index in [1.807, 2.05) is 17.9 Å². The summed E-state index contributed by atoms with van der Waals surface area (Å²) in [7, 11) is 0. The van der Waals surface area contributed by atoms with Crippen LogP contribution in [0.1, 0.15) is 30.1 Å². The summed E-state index contributed by atoms with van der Waals surface area (Å²) in [5, 5.41) is 7.50. The minimum atomic E-state index is -0.501. The average molecular weight is 392 g/mol. The van der Waals surface area contributed by atoms with Gasteiger partial charge in [-0.15, -0.1) is 0 Å². The van der Waals surface area contributed by atoms with Crippen LogP contribution in [0.5, 0.6) is 5.75 Å². The quantitative estimate of drug-likeness (QED) is 0.866. The van der Waals surface area contributed by atoms with E-state index in [2.05, 4.69) is 10.2 Å². The normalized spacial score (nSPS) is 18.8. The molecule has 0 bridgehead atoms. The van der Waals surface area contributed by atoms with Crippen LogP contribution in [0.4, 0.5) is 0 Å². The second-order valence-corrected chi connectivity index (χ2v) is 7.04. The lowest BCUT2D eigenvalue weighted by Gasteiger charge is -2.37. The molecule has 1 aromatic carbocycles. The fourth-order valence-electron chi connectivity index (χ4n) is 3.60. The lowest BCUT2D eigenvalue weighted by Crippen LogP contribution is -2.47. The highest BCUT2D eigenvalue weighted by atomic mass is 35.5. The van der Waals surface area contributed by atoms with Crippen molar-refractivity contribution in [1.29, 1.82) is 0 Å². The summed E-state index contributed by atoms with van der Waals surface area (Å²) < 4.78 is 16.9. The molecule has 2 fully saturated rings. The number of H-pyrrole nitrogens is 1. The number of amides is 1. The summed E-state index contributed by atoms with van der Waals surface area (Å²) in [5.41, 5.74) is 1.97. The standard InChI is InChI=1S/C19H22ClN3O4/c1-2-25-16-4-3-13(11-15(16)20)17-14(12-21-22-17)18(24)23-7-5-19(6-8-23)26-9-10-27-19/h3-4,11-12H,2,5-10H2,1H3,(H,21,22). The first-order chi connectivity index (χ1) is 13.1. The van der Waals surface area contributed by atoms with Gasteiger partial charge in [-0.1, -0.05) is 11.6 Å². The second-order valence-electron chi connectivity index (χ2n) is 6.64. The number of aromatic nitrogens is 2. The van der Waals surface area contributed by atoms with E-state index in [1.54, 1.807) is 18.3 Å². The number of nitrogens with zero attached hydrogens (tertiary/aromatic N) is 2. The van der Waals surface area contributed by atoms with Gasteiger partial charge in [0.1, 0.15) is 5.75 Å². The first-order valence-electron chi connectivity index (χ1n) is 9.15. The fourth-order valence-corrected chi connectivity index (χ4v) is 3.84. The molecule has 2 aliphatic heterocycles. The largest absolute Gasteiger partial charge is 0.492 e. The van der Waals surface area contributed by atoms with E-state index < -0.39 is 5.79 Å². The van der Waals surface area contributed by atoms with Gasteiger partial charge in [-0.3, -0.25) is 9.89 Å². The molecule has 1 aromatic heterocycles. The van der Waals surface area contributed by atoms with Crippen molar-refractivity contribution < 1.29 is 19.0 Å². The fraction of sp³-hybridized carbons (Fsp3) is 0.474. The Morgan fingerprint density at radius 2 is 2.07 bits per heavy atom. The molecular formula is C19H22ClN3O4. The van der Waals surface area contributed by atoms with Gasteiger partial charge in [-0.2, -0.15) is 5.10 Å². The van der Waals surface area contributed by atoms with Gasteiger partial charge in [0.25, 0.3) is 5.91 Å². The van der Waals surface area contributed by atoms with E-state index in [-0.39, 0.29) is 5.91 Å². The lowest BCUT2D eigenvalue weighted by atomic mass is 10.0. The highest BCUT2D eigenvalue weighted by Gasteiger charge is 2.41. The maximum atomic E-state index is 13.0. The minimum absolute atomic E-state index is 0.0587. The number of piperidine rings is 1. The third-order valence-electron chi connectivity index (χ3n) is 5.02. The molecule has 2 aromatic rings. The van der Waals surface area contributed by atoms with Gasteiger partial charge in [0.05, 0.1) is 42.3 Å². The third kappa shape index (κ3) is 3.54. The van der Waals surface area contributed by atoms with Crippen LogP contribution in [0.3, 0.4) is 0 Å². The van der Waals surface area contributed by atoms with E-state index in [9.17, 15) is 4.79 Å².